The van der Waals surface area contributed by atoms with E-state index >= 15 is 0 Å². The molecular weight excluding hydrogens is 338 g/mol. The Morgan fingerprint density at radius 2 is 1.96 bits per heavy atom. The molecule has 5 aliphatic heterocycles. The van der Waals surface area contributed by atoms with Gasteiger partial charge in [0.2, 0.25) is 5.91 Å². The Morgan fingerprint density at radius 1 is 1.07 bits per heavy atom. The molecule has 0 aromatic carbocycles. The molecule has 0 aliphatic carbocycles. The lowest BCUT2D eigenvalue weighted by Gasteiger charge is -2.61. The van der Waals surface area contributed by atoms with Crippen molar-refractivity contribution >= 4 is 5.91 Å². The molecule has 4 fully saturated rings. The van der Waals surface area contributed by atoms with Gasteiger partial charge in [-0.2, -0.15) is 0 Å². The lowest BCUT2D eigenvalue weighted by atomic mass is 9.65. The average molecular weight is 374 g/mol. The lowest BCUT2D eigenvalue weighted by Crippen LogP contribution is -2.68. The van der Waals surface area contributed by atoms with E-state index in [1.807, 2.05) is 4.90 Å². The number of piperidine rings is 4. The normalized spacial score (nSPS) is 42.9. The molecule has 5 nitrogen and oxygen atoms in total. The van der Waals surface area contributed by atoms with Crippen molar-refractivity contribution in [3.8, 4) is 0 Å². The van der Waals surface area contributed by atoms with Crippen LogP contribution < -0.4 is 0 Å². The minimum absolute atomic E-state index is 0.128. The zero-order valence-corrected chi connectivity index (χ0v) is 16.7. The number of amides is 1. The van der Waals surface area contributed by atoms with Crippen molar-refractivity contribution in [3.05, 3.63) is 11.8 Å². The van der Waals surface area contributed by atoms with Crippen molar-refractivity contribution in [2.24, 2.45) is 11.8 Å². The second-order valence-corrected chi connectivity index (χ2v) is 9.67. The van der Waals surface area contributed by atoms with Crippen LogP contribution in [0.25, 0.3) is 0 Å². The average Bonchev–Trinajstić information content (AvgIpc) is 2.69. The van der Waals surface area contributed by atoms with Crippen molar-refractivity contribution in [3.63, 3.8) is 0 Å². The number of carbonyl (C=O) groups excluding carboxylic acids is 1. The molecule has 2 unspecified atom stereocenters. The van der Waals surface area contributed by atoms with Gasteiger partial charge in [-0.25, -0.2) is 0 Å². The van der Waals surface area contributed by atoms with Gasteiger partial charge in [-0.15, -0.1) is 0 Å². The number of fused-ring (bicyclic) bond motifs is 6. The van der Waals surface area contributed by atoms with Crippen LogP contribution in [0.5, 0.6) is 0 Å². The molecule has 27 heavy (non-hydrogen) atoms. The second kappa shape index (κ2) is 7.16. The van der Waals surface area contributed by atoms with Crippen LogP contribution in [0.15, 0.2) is 11.8 Å². The lowest BCUT2D eigenvalue weighted by molar-refractivity contribution is -0.127. The van der Waals surface area contributed by atoms with Gasteiger partial charge in [0.25, 0.3) is 0 Å². The number of aliphatic hydroxyl groups excluding tert-OH is 1. The number of rotatable bonds is 1. The Balaban J connectivity index is 1.51. The summed E-state index contributed by atoms with van der Waals surface area (Å²) in [5.41, 5.74) is 1.49. The van der Waals surface area contributed by atoms with E-state index < -0.39 is 0 Å². The number of carbonyl (C=O) groups is 1. The molecule has 2 bridgehead atoms. The summed E-state index contributed by atoms with van der Waals surface area (Å²) in [4.78, 5) is 19.5. The van der Waals surface area contributed by atoms with Crippen molar-refractivity contribution in [1.29, 1.82) is 0 Å². The molecule has 5 rings (SSSR count). The SMILES string of the molecule is CC(=O)N1C=C([C@@H]2[C@@H]3C[C@H](CN4CC[C@H](O)CC34)C3CCCCN32)CCC1. The highest BCUT2D eigenvalue weighted by atomic mass is 16.3. The van der Waals surface area contributed by atoms with Gasteiger partial charge in [0.1, 0.15) is 0 Å². The summed E-state index contributed by atoms with van der Waals surface area (Å²) >= 11 is 0. The zero-order valence-electron chi connectivity index (χ0n) is 16.7. The fourth-order valence-electron chi connectivity index (χ4n) is 7.02. The quantitative estimate of drug-likeness (QED) is 0.766. The molecule has 150 valence electrons. The molecule has 0 aromatic rings. The zero-order chi connectivity index (χ0) is 18.5. The van der Waals surface area contributed by atoms with Crippen molar-refractivity contribution in [1.82, 2.24) is 14.7 Å². The van der Waals surface area contributed by atoms with Crippen LogP contribution in [-0.2, 0) is 4.79 Å². The van der Waals surface area contributed by atoms with Gasteiger partial charge in [-0.05, 0) is 68.9 Å². The molecule has 5 heterocycles. The van der Waals surface area contributed by atoms with Crippen LogP contribution in [0, 0.1) is 11.8 Å². The van der Waals surface area contributed by atoms with Crippen molar-refractivity contribution in [2.45, 2.75) is 82.5 Å². The molecule has 0 aromatic heterocycles. The van der Waals surface area contributed by atoms with Gasteiger partial charge in [0.05, 0.1) is 6.10 Å². The van der Waals surface area contributed by atoms with E-state index in [-0.39, 0.29) is 12.0 Å². The third kappa shape index (κ3) is 3.16. The van der Waals surface area contributed by atoms with E-state index in [0.29, 0.717) is 18.0 Å². The number of nitrogens with zero attached hydrogens (tertiary/aromatic N) is 3. The molecule has 0 saturated carbocycles. The largest absolute Gasteiger partial charge is 0.393 e. The maximum Gasteiger partial charge on any atom is 0.223 e. The number of hydrogen-bond acceptors (Lipinski definition) is 4. The minimum atomic E-state index is -0.128. The van der Waals surface area contributed by atoms with Crippen LogP contribution in [0.4, 0.5) is 0 Å². The number of aliphatic hydroxyl groups is 1. The monoisotopic (exact) mass is 373 g/mol. The Morgan fingerprint density at radius 3 is 2.81 bits per heavy atom. The summed E-state index contributed by atoms with van der Waals surface area (Å²) in [6.45, 7) is 6.09. The Kier molecular flexibility index (Phi) is 4.81. The molecule has 0 spiro atoms. The van der Waals surface area contributed by atoms with Crippen LogP contribution in [-0.4, -0.2) is 76.1 Å². The highest BCUT2D eigenvalue weighted by molar-refractivity contribution is 5.74. The van der Waals surface area contributed by atoms with Crippen LogP contribution in [0.3, 0.4) is 0 Å². The van der Waals surface area contributed by atoms with Gasteiger partial charge in [0, 0.05) is 50.9 Å². The van der Waals surface area contributed by atoms with Gasteiger partial charge in [-0.1, -0.05) is 6.42 Å². The molecule has 5 aliphatic rings. The topological polar surface area (TPSA) is 47.0 Å². The number of hydrogen-bond donors (Lipinski definition) is 1. The summed E-state index contributed by atoms with van der Waals surface area (Å²) in [5, 5.41) is 10.4. The van der Waals surface area contributed by atoms with Crippen molar-refractivity contribution in [2.75, 3.05) is 26.2 Å². The Bertz CT molecular complexity index is 621. The molecule has 1 amide bonds. The first-order valence-corrected chi connectivity index (χ1v) is 11.3. The first-order chi connectivity index (χ1) is 13.1. The summed E-state index contributed by atoms with van der Waals surface area (Å²) in [6, 6.07) is 1.72. The summed E-state index contributed by atoms with van der Waals surface area (Å²) in [5.74, 6) is 1.59. The van der Waals surface area contributed by atoms with E-state index in [1.54, 1.807) is 6.92 Å². The van der Waals surface area contributed by atoms with Crippen LogP contribution >= 0.6 is 0 Å². The van der Waals surface area contributed by atoms with Gasteiger partial charge >= 0.3 is 0 Å². The standard InChI is InChI=1S/C22H35N3O2/c1-15(26)23-8-4-5-16(13-23)22-19-11-17(20-6-2-3-9-25(20)22)14-24-10-7-18(27)12-21(19)24/h13,17-22,27H,2-12,14H2,1H3/t17-,18+,19-,20?,21?,22-/m1/s1. The maximum absolute atomic E-state index is 12.0. The summed E-state index contributed by atoms with van der Waals surface area (Å²) in [6.07, 6.45) is 11.5. The van der Waals surface area contributed by atoms with E-state index in [4.69, 9.17) is 0 Å². The molecule has 6 atom stereocenters. The summed E-state index contributed by atoms with van der Waals surface area (Å²) < 4.78 is 0. The van der Waals surface area contributed by atoms with E-state index in [2.05, 4.69) is 16.0 Å². The van der Waals surface area contributed by atoms with Gasteiger partial charge < -0.3 is 10.0 Å². The predicted molar refractivity (Wildman–Crippen MR) is 105 cm³/mol. The van der Waals surface area contributed by atoms with Gasteiger partial charge in [0.15, 0.2) is 0 Å². The highest BCUT2D eigenvalue weighted by Gasteiger charge is 2.53. The molecule has 0 radical (unpaired) electrons. The highest BCUT2D eigenvalue weighted by Crippen LogP contribution is 2.48. The fraction of sp³-hybridized carbons (Fsp3) is 0.864. The first-order valence-electron chi connectivity index (χ1n) is 11.3. The smallest absolute Gasteiger partial charge is 0.223 e. The molecule has 5 heteroatoms. The maximum atomic E-state index is 12.0. The van der Waals surface area contributed by atoms with Crippen LogP contribution in [0.2, 0.25) is 0 Å². The second-order valence-electron chi connectivity index (χ2n) is 9.67. The van der Waals surface area contributed by atoms with Crippen molar-refractivity contribution < 1.29 is 9.90 Å². The Hall–Kier alpha value is -0.910. The minimum Gasteiger partial charge on any atom is -0.393 e. The van der Waals surface area contributed by atoms with E-state index in [9.17, 15) is 9.90 Å². The predicted octanol–water partition coefficient (Wildman–Crippen LogP) is 2.21. The third-order valence-corrected chi connectivity index (χ3v) is 8.14. The molecule has 1 N–H and O–H groups in total. The fourth-order valence-corrected chi connectivity index (χ4v) is 7.02. The first kappa shape index (κ1) is 18.1. The van der Waals surface area contributed by atoms with E-state index in [1.165, 1.54) is 44.3 Å². The molecule has 4 saturated heterocycles. The summed E-state index contributed by atoms with van der Waals surface area (Å²) in [7, 11) is 0. The molecular formula is C22H35N3O2. The van der Waals surface area contributed by atoms with Crippen LogP contribution in [0.1, 0.15) is 58.3 Å². The Labute approximate surface area is 163 Å². The third-order valence-electron chi connectivity index (χ3n) is 8.14. The van der Waals surface area contributed by atoms with Gasteiger partial charge in [-0.3, -0.25) is 14.6 Å². The van der Waals surface area contributed by atoms with E-state index in [0.717, 1.165) is 50.7 Å².